The van der Waals surface area contributed by atoms with Gasteiger partial charge in [0.1, 0.15) is 11.9 Å². The lowest BCUT2D eigenvalue weighted by molar-refractivity contribution is -0.139. The Labute approximate surface area is 193 Å². The van der Waals surface area contributed by atoms with Crippen LogP contribution in [-0.2, 0) is 16.0 Å². The maximum absolute atomic E-state index is 12.1. The first-order valence-corrected chi connectivity index (χ1v) is 11.3. The highest BCUT2D eigenvalue weighted by Crippen LogP contribution is 2.26. The number of carboxylic acids is 1. The molecule has 0 saturated heterocycles. The largest absolute Gasteiger partial charge is 0.480 e. The first-order valence-electron chi connectivity index (χ1n) is 11.3. The Morgan fingerprint density at radius 1 is 1.15 bits per heavy atom. The second kappa shape index (κ2) is 10.3. The summed E-state index contributed by atoms with van der Waals surface area (Å²) >= 11 is 0. The number of allylic oxidation sites excluding steroid dienone is 2. The van der Waals surface area contributed by atoms with Crippen LogP contribution in [0.4, 0.5) is 11.5 Å². The minimum atomic E-state index is -0.934. The summed E-state index contributed by atoms with van der Waals surface area (Å²) in [6.45, 7) is 2.10. The molecule has 4 rings (SSSR count). The highest BCUT2D eigenvalue weighted by atomic mass is 16.4. The van der Waals surface area contributed by atoms with Crippen molar-refractivity contribution in [1.29, 1.82) is 0 Å². The molecule has 0 saturated carbocycles. The number of nitrogens with zero attached hydrogens (tertiary/aromatic N) is 2. The van der Waals surface area contributed by atoms with Crippen LogP contribution in [0.5, 0.6) is 0 Å². The highest BCUT2D eigenvalue weighted by molar-refractivity contribution is 5.92. The fourth-order valence-corrected chi connectivity index (χ4v) is 4.33. The normalized spacial score (nSPS) is 16.8. The number of ketones is 1. The topological polar surface area (TPSA) is 104 Å². The summed E-state index contributed by atoms with van der Waals surface area (Å²) in [5.74, 6) is 0.160. The van der Waals surface area contributed by atoms with Crippen LogP contribution < -0.4 is 10.6 Å². The SMILES string of the molecule is CCCC1CC(=O)C=C(N[C@@H](Cc2ccc(Nc3nccc4cnccc34)cc2)C(=O)O)C1. The number of benzene rings is 1. The van der Waals surface area contributed by atoms with Gasteiger partial charge in [0.2, 0.25) is 0 Å². The van der Waals surface area contributed by atoms with Crippen molar-refractivity contribution in [3.63, 3.8) is 0 Å². The lowest BCUT2D eigenvalue weighted by atomic mass is 9.87. The molecule has 3 N–H and O–H groups in total. The Kier molecular flexibility index (Phi) is 6.98. The molecular weight excluding hydrogens is 416 g/mol. The van der Waals surface area contributed by atoms with Crippen molar-refractivity contribution < 1.29 is 14.7 Å². The molecule has 2 heterocycles. The molecule has 0 spiro atoms. The van der Waals surface area contributed by atoms with E-state index in [1.54, 1.807) is 24.7 Å². The number of pyridine rings is 2. The number of rotatable bonds is 9. The molecule has 0 fully saturated rings. The summed E-state index contributed by atoms with van der Waals surface area (Å²) in [6, 6.07) is 10.7. The molecule has 2 aromatic heterocycles. The second-order valence-corrected chi connectivity index (χ2v) is 8.52. The van der Waals surface area contributed by atoms with Gasteiger partial charge in [-0.05, 0) is 48.6 Å². The Bertz CT molecular complexity index is 1170. The summed E-state index contributed by atoms with van der Waals surface area (Å²) in [4.78, 5) is 32.5. The lowest BCUT2D eigenvalue weighted by Gasteiger charge is -2.25. The van der Waals surface area contributed by atoms with Gasteiger partial charge >= 0.3 is 5.97 Å². The van der Waals surface area contributed by atoms with Crippen LogP contribution >= 0.6 is 0 Å². The highest BCUT2D eigenvalue weighted by Gasteiger charge is 2.24. The third-order valence-corrected chi connectivity index (χ3v) is 5.91. The summed E-state index contributed by atoms with van der Waals surface area (Å²) in [5, 5.41) is 18.2. The molecule has 1 unspecified atom stereocenters. The zero-order valence-electron chi connectivity index (χ0n) is 18.6. The first kappa shape index (κ1) is 22.5. The van der Waals surface area contributed by atoms with Crippen molar-refractivity contribution in [3.8, 4) is 0 Å². The van der Waals surface area contributed by atoms with Crippen LogP contribution in [0.1, 0.15) is 38.2 Å². The molecule has 0 bridgehead atoms. The van der Waals surface area contributed by atoms with Crippen LogP contribution in [0.15, 0.2) is 66.8 Å². The van der Waals surface area contributed by atoms with Crippen molar-refractivity contribution in [3.05, 3.63) is 72.3 Å². The number of anilines is 2. The van der Waals surface area contributed by atoms with Crippen LogP contribution in [0, 0.1) is 5.92 Å². The van der Waals surface area contributed by atoms with E-state index >= 15 is 0 Å². The number of hydrogen-bond acceptors (Lipinski definition) is 6. The van der Waals surface area contributed by atoms with Gasteiger partial charge in [-0.2, -0.15) is 0 Å². The van der Waals surface area contributed by atoms with E-state index in [0.29, 0.717) is 12.8 Å². The van der Waals surface area contributed by atoms with E-state index in [0.717, 1.165) is 52.8 Å². The number of carbonyl (C=O) groups is 2. The number of aliphatic carboxylic acids is 1. The quantitative estimate of drug-likeness (QED) is 0.442. The number of aromatic nitrogens is 2. The number of nitrogens with one attached hydrogen (secondary N) is 2. The smallest absolute Gasteiger partial charge is 0.326 e. The zero-order chi connectivity index (χ0) is 23.2. The van der Waals surface area contributed by atoms with Crippen LogP contribution in [0.2, 0.25) is 0 Å². The third-order valence-electron chi connectivity index (χ3n) is 5.91. The summed E-state index contributed by atoms with van der Waals surface area (Å²) in [5.41, 5.74) is 2.48. The van der Waals surface area contributed by atoms with E-state index in [1.165, 1.54) is 0 Å². The molecule has 3 aromatic rings. The number of carboxylic acid groups (broad SMARTS) is 1. The Morgan fingerprint density at radius 2 is 1.97 bits per heavy atom. The van der Waals surface area contributed by atoms with Crippen LogP contribution in [0.3, 0.4) is 0 Å². The molecule has 170 valence electrons. The molecule has 0 radical (unpaired) electrons. The van der Waals surface area contributed by atoms with Gasteiger partial charge in [0, 0.05) is 59.7 Å². The minimum absolute atomic E-state index is 0.0691. The minimum Gasteiger partial charge on any atom is -0.480 e. The fourth-order valence-electron chi connectivity index (χ4n) is 4.33. The zero-order valence-corrected chi connectivity index (χ0v) is 18.6. The van der Waals surface area contributed by atoms with Gasteiger partial charge in [0.25, 0.3) is 0 Å². The number of carbonyl (C=O) groups excluding carboxylic acids is 1. The average molecular weight is 445 g/mol. The maximum Gasteiger partial charge on any atom is 0.326 e. The molecule has 1 aliphatic carbocycles. The molecule has 7 nitrogen and oxygen atoms in total. The van der Waals surface area contributed by atoms with Gasteiger partial charge in [-0.1, -0.05) is 25.5 Å². The van der Waals surface area contributed by atoms with Crippen molar-refractivity contribution in [2.75, 3.05) is 5.32 Å². The van der Waals surface area contributed by atoms with Gasteiger partial charge in [-0.25, -0.2) is 9.78 Å². The van der Waals surface area contributed by atoms with E-state index in [9.17, 15) is 14.7 Å². The van der Waals surface area contributed by atoms with E-state index in [4.69, 9.17) is 0 Å². The van der Waals surface area contributed by atoms with Gasteiger partial charge < -0.3 is 15.7 Å². The summed E-state index contributed by atoms with van der Waals surface area (Å²) < 4.78 is 0. The summed E-state index contributed by atoms with van der Waals surface area (Å²) in [6.07, 6.45) is 10.4. The monoisotopic (exact) mass is 444 g/mol. The third kappa shape index (κ3) is 5.74. The Morgan fingerprint density at radius 3 is 2.73 bits per heavy atom. The van der Waals surface area contributed by atoms with Crippen LogP contribution in [0.25, 0.3) is 10.8 Å². The molecule has 0 aliphatic heterocycles. The van der Waals surface area contributed by atoms with Gasteiger partial charge in [-0.15, -0.1) is 0 Å². The van der Waals surface area contributed by atoms with Crippen molar-refractivity contribution in [1.82, 2.24) is 15.3 Å². The van der Waals surface area contributed by atoms with Gasteiger partial charge in [-0.3, -0.25) is 9.78 Å². The fraction of sp³-hybridized carbons (Fsp3) is 0.308. The molecule has 7 heteroatoms. The van der Waals surface area contributed by atoms with E-state index in [2.05, 4.69) is 27.5 Å². The van der Waals surface area contributed by atoms with Crippen molar-refractivity contribution in [2.24, 2.45) is 5.92 Å². The van der Waals surface area contributed by atoms with Crippen molar-refractivity contribution >= 4 is 34.0 Å². The van der Waals surface area contributed by atoms with Gasteiger partial charge in [0.15, 0.2) is 5.78 Å². The Balaban J connectivity index is 1.43. The predicted molar refractivity (Wildman–Crippen MR) is 128 cm³/mol. The predicted octanol–water partition coefficient (Wildman–Crippen LogP) is 4.62. The number of fused-ring (bicyclic) bond motifs is 1. The molecule has 33 heavy (non-hydrogen) atoms. The maximum atomic E-state index is 12.1. The molecule has 1 aliphatic rings. The number of hydrogen-bond donors (Lipinski definition) is 3. The van der Waals surface area contributed by atoms with Gasteiger partial charge in [0.05, 0.1) is 0 Å². The Hall–Kier alpha value is -3.74. The molecule has 1 aromatic carbocycles. The lowest BCUT2D eigenvalue weighted by Crippen LogP contribution is -2.39. The van der Waals surface area contributed by atoms with E-state index < -0.39 is 12.0 Å². The standard InChI is InChI=1S/C26H28N4O3/c1-2-3-18-12-21(15-22(31)13-18)29-24(26(32)33)14-17-4-6-20(7-5-17)30-25-23-9-10-27-16-19(23)8-11-28-25/h4-11,15-16,18,24,29H,2-3,12-14H2,1H3,(H,28,30)(H,32,33)/t18?,24-/m0/s1. The first-order chi connectivity index (χ1) is 16.0. The van der Waals surface area contributed by atoms with E-state index in [1.807, 2.05) is 36.4 Å². The molecule has 0 amide bonds. The van der Waals surface area contributed by atoms with Crippen molar-refractivity contribution in [2.45, 2.75) is 45.1 Å². The van der Waals surface area contributed by atoms with Crippen LogP contribution in [-0.4, -0.2) is 32.9 Å². The summed E-state index contributed by atoms with van der Waals surface area (Å²) in [7, 11) is 0. The van der Waals surface area contributed by atoms with E-state index in [-0.39, 0.29) is 11.7 Å². The molecular formula is C26H28N4O3. The molecule has 2 atom stereocenters. The second-order valence-electron chi connectivity index (χ2n) is 8.52. The average Bonchev–Trinajstić information content (AvgIpc) is 2.80.